The van der Waals surface area contributed by atoms with E-state index in [9.17, 15) is 0 Å². The zero-order valence-corrected chi connectivity index (χ0v) is 13.6. The van der Waals surface area contributed by atoms with Gasteiger partial charge in [0.05, 0.1) is 17.2 Å². The summed E-state index contributed by atoms with van der Waals surface area (Å²) in [5, 5.41) is 14.1. The number of aromatic nitrogens is 1. The maximum atomic E-state index is 4.60. The van der Waals surface area contributed by atoms with Gasteiger partial charge in [-0.1, -0.05) is 13.8 Å². The molecule has 2 aromatic heterocycles. The average Bonchev–Trinajstić information content (AvgIpc) is 3.10. The fraction of sp³-hybridized carbons (Fsp3) is 0.429. The Morgan fingerprint density at radius 3 is 2.70 bits per heavy atom. The molecule has 0 saturated heterocycles. The van der Waals surface area contributed by atoms with E-state index >= 15 is 0 Å². The highest BCUT2D eigenvalue weighted by Gasteiger charge is 2.06. The summed E-state index contributed by atoms with van der Waals surface area (Å²) >= 11 is 3.42. The van der Waals surface area contributed by atoms with Crippen molar-refractivity contribution in [3.8, 4) is 0 Å². The molecule has 0 spiro atoms. The molecule has 0 bridgehead atoms. The van der Waals surface area contributed by atoms with Crippen molar-refractivity contribution in [1.82, 2.24) is 15.6 Å². The Balaban J connectivity index is 1.81. The first-order valence-electron chi connectivity index (χ1n) is 6.59. The van der Waals surface area contributed by atoms with E-state index < -0.39 is 0 Å². The van der Waals surface area contributed by atoms with Crippen molar-refractivity contribution >= 4 is 28.6 Å². The molecular weight excluding hydrogens is 288 g/mol. The summed E-state index contributed by atoms with van der Waals surface area (Å²) in [6.07, 6.45) is 0. The number of aliphatic imine (C=N–C) groups is 1. The van der Waals surface area contributed by atoms with Crippen LogP contribution in [0.1, 0.15) is 36.0 Å². The topological polar surface area (TPSA) is 49.3 Å². The van der Waals surface area contributed by atoms with Crippen LogP contribution in [0.3, 0.4) is 0 Å². The number of hydrogen-bond acceptors (Lipinski definition) is 4. The summed E-state index contributed by atoms with van der Waals surface area (Å²) in [5.41, 5.74) is 2.34. The lowest BCUT2D eigenvalue weighted by Gasteiger charge is -2.10. The fourth-order valence-corrected chi connectivity index (χ4v) is 3.15. The maximum Gasteiger partial charge on any atom is 0.191 e. The molecule has 0 unspecified atom stereocenters. The molecular formula is C14H20N4S2. The monoisotopic (exact) mass is 308 g/mol. The van der Waals surface area contributed by atoms with Crippen LogP contribution >= 0.6 is 22.7 Å². The third-order valence-corrected chi connectivity index (χ3v) is 4.69. The average molecular weight is 308 g/mol. The van der Waals surface area contributed by atoms with Crippen molar-refractivity contribution < 1.29 is 0 Å². The zero-order valence-electron chi connectivity index (χ0n) is 12.0. The van der Waals surface area contributed by atoms with Gasteiger partial charge in [0.1, 0.15) is 0 Å². The lowest BCUT2D eigenvalue weighted by atomic mass is 10.2. The molecule has 2 aromatic rings. The van der Waals surface area contributed by atoms with Gasteiger partial charge in [-0.05, 0) is 22.4 Å². The molecule has 0 atom stereocenters. The number of guanidine groups is 1. The van der Waals surface area contributed by atoms with E-state index in [0.29, 0.717) is 12.5 Å². The van der Waals surface area contributed by atoms with Gasteiger partial charge >= 0.3 is 0 Å². The lowest BCUT2D eigenvalue weighted by Crippen LogP contribution is -2.36. The third kappa shape index (κ3) is 4.31. The molecule has 2 N–H and O–H groups in total. The van der Waals surface area contributed by atoms with Crippen LogP contribution in [0.15, 0.2) is 27.2 Å². The highest BCUT2D eigenvalue weighted by Crippen LogP contribution is 2.18. The molecule has 2 rings (SSSR count). The Bertz CT molecular complexity index is 543. The number of thiazole rings is 1. The first kappa shape index (κ1) is 15.0. The van der Waals surface area contributed by atoms with Crippen LogP contribution in [-0.4, -0.2) is 18.0 Å². The summed E-state index contributed by atoms with van der Waals surface area (Å²) in [6, 6.07) is 2.11. The van der Waals surface area contributed by atoms with Gasteiger partial charge < -0.3 is 10.6 Å². The molecule has 0 amide bonds. The largest absolute Gasteiger partial charge is 0.352 e. The van der Waals surface area contributed by atoms with Crippen LogP contribution in [0.5, 0.6) is 0 Å². The van der Waals surface area contributed by atoms with Crippen molar-refractivity contribution in [3.63, 3.8) is 0 Å². The Hall–Kier alpha value is -1.40. The summed E-state index contributed by atoms with van der Waals surface area (Å²) in [6.45, 7) is 5.82. The molecule has 0 aliphatic heterocycles. The molecule has 2 heterocycles. The molecule has 0 fully saturated rings. The second-order valence-electron chi connectivity index (χ2n) is 4.74. The van der Waals surface area contributed by atoms with Crippen molar-refractivity contribution in [2.45, 2.75) is 32.9 Å². The van der Waals surface area contributed by atoms with Crippen molar-refractivity contribution in [2.75, 3.05) is 7.05 Å². The summed E-state index contributed by atoms with van der Waals surface area (Å²) < 4.78 is 0. The van der Waals surface area contributed by atoms with E-state index in [2.05, 4.69) is 56.7 Å². The van der Waals surface area contributed by atoms with Gasteiger partial charge in [0.25, 0.3) is 0 Å². The molecule has 0 aromatic carbocycles. The van der Waals surface area contributed by atoms with E-state index in [1.165, 1.54) is 10.6 Å². The van der Waals surface area contributed by atoms with E-state index in [0.717, 1.165) is 18.2 Å². The molecule has 4 nitrogen and oxygen atoms in total. The Kier molecular flexibility index (Phi) is 5.55. The normalized spacial score (nSPS) is 11.9. The fourth-order valence-electron chi connectivity index (χ4n) is 1.64. The third-order valence-electron chi connectivity index (χ3n) is 2.76. The predicted octanol–water partition coefficient (Wildman–Crippen LogP) is 3.19. The first-order chi connectivity index (χ1) is 9.69. The van der Waals surface area contributed by atoms with E-state index in [-0.39, 0.29) is 0 Å². The number of thiophene rings is 1. The Labute approximate surface area is 128 Å². The minimum Gasteiger partial charge on any atom is -0.352 e. The maximum absolute atomic E-state index is 4.60. The smallest absolute Gasteiger partial charge is 0.191 e. The number of rotatable bonds is 5. The van der Waals surface area contributed by atoms with E-state index in [4.69, 9.17) is 0 Å². The van der Waals surface area contributed by atoms with Crippen LogP contribution < -0.4 is 10.6 Å². The van der Waals surface area contributed by atoms with Crippen molar-refractivity contribution in [3.05, 3.63) is 38.5 Å². The van der Waals surface area contributed by atoms with Gasteiger partial charge in [-0.25, -0.2) is 4.98 Å². The number of nitrogens with one attached hydrogen (secondary N) is 2. The number of hydrogen-bond donors (Lipinski definition) is 2. The minimum absolute atomic E-state index is 0.491. The molecule has 0 radical (unpaired) electrons. The highest BCUT2D eigenvalue weighted by molar-refractivity contribution is 7.09. The second-order valence-corrected chi connectivity index (χ2v) is 6.41. The summed E-state index contributed by atoms with van der Waals surface area (Å²) in [7, 11) is 1.78. The second kappa shape index (κ2) is 7.40. The van der Waals surface area contributed by atoms with E-state index in [1.54, 1.807) is 29.7 Å². The minimum atomic E-state index is 0.491. The SMILES string of the molecule is CN=C(NCc1ccsc1)NCc1csc(C(C)C)n1. The Morgan fingerprint density at radius 2 is 2.10 bits per heavy atom. The molecule has 0 aliphatic carbocycles. The molecule has 108 valence electrons. The molecule has 0 aliphatic rings. The summed E-state index contributed by atoms with van der Waals surface area (Å²) in [5.74, 6) is 1.29. The van der Waals surface area contributed by atoms with Crippen LogP contribution in [0.2, 0.25) is 0 Å². The molecule has 0 saturated carbocycles. The van der Waals surface area contributed by atoms with Crippen molar-refractivity contribution in [2.24, 2.45) is 4.99 Å². The van der Waals surface area contributed by atoms with Crippen LogP contribution in [0.4, 0.5) is 0 Å². The number of nitrogens with zero attached hydrogens (tertiary/aromatic N) is 2. The van der Waals surface area contributed by atoms with Crippen LogP contribution in [0, 0.1) is 0 Å². The van der Waals surface area contributed by atoms with Gasteiger partial charge in [0.2, 0.25) is 0 Å². The summed E-state index contributed by atoms with van der Waals surface area (Å²) in [4.78, 5) is 8.82. The van der Waals surface area contributed by atoms with Crippen LogP contribution in [0.25, 0.3) is 0 Å². The van der Waals surface area contributed by atoms with Crippen molar-refractivity contribution in [1.29, 1.82) is 0 Å². The zero-order chi connectivity index (χ0) is 14.4. The standard InChI is InChI=1S/C14H20N4S2/c1-10(2)13-18-12(9-20-13)7-17-14(15-3)16-6-11-4-5-19-8-11/h4-5,8-10H,6-7H2,1-3H3,(H2,15,16,17). The predicted molar refractivity (Wildman–Crippen MR) is 87.6 cm³/mol. The quantitative estimate of drug-likeness (QED) is 0.659. The van der Waals surface area contributed by atoms with Gasteiger partial charge in [-0.15, -0.1) is 11.3 Å². The van der Waals surface area contributed by atoms with Gasteiger partial charge in [-0.2, -0.15) is 11.3 Å². The Morgan fingerprint density at radius 1 is 1.30 bits per heavy atom. The van der Waals surface area contributed by atoms with E-state index in [1.807, 2.05) is 0 Å². The first-order valence-corrected chi connectivity index (χ1v) is 8.41. The lowest BCUT2D eigenvalue weighted by molar-refractivity contribution is 0.784. The molecule has 20 heavy (non-hydrogen) atoms. The van der Waals surface area contributed by atoms with Crippen LogP contribution in [-0.2, 0) is 13.1 Å². The highest BCUT2D eigenvalue weighted by atomic mass is 32.1. The molecule has 6 heteroatoms. The van der Waals surface area contributed by atoms with Gasteiger partial charge in [-0.3, -0.25) is 4.99 Å². The van der Waals surface area contributed by atoms with Gasteiger partial charge in [0, 0.05) is 24.9 Å². The van der Waals surface area contributed by atoms with Gasteiger partial charge in [0.15, 0.2) is 5.96 Å².